The van der Waals surface area contributed by atoms with Gasteiger partial charge < -0.3 is 4.74 Å². The molecule has 0 saturated heterocycles. The van der Waals surface area contributed by atoms with Crippen LogP contribution in [0.2, 0.25) is 0 Å². The van der Waals surface area contributed by atoms with Crippen molar-refractivity contribution in [1.29, 1.82) is 0 Å². The number of hydrogen-bond donors (Lipinski definition) is 0. The average molecular weight is 209 g/mol. The van der Waals surface area contributed by atoms with Crippen molar-refractivity contribution in [1.82, 2.24) is 0 Å². The van der Waals surface area contributed by atoms with Crippen LogP contribution in [0.4, 0.5) is 0 Å². The Morgan fingerprint density at radius 3 is 2.64 bits per heavy atom. The van der Waals surface area contributed by atoms with Crippen molar-refractivity contribution in [2.75, 3.05) is 0 Å². The van der Waals surface area contributed by atoms with Crippen LogP contribution in [-0.2, 0) is 11.3 Å². The van der Waals surface area contributed by atoms with Crippen molar-refractivity contribution in [2.45, 2.75) is 13.5 Å². The fraction of sp³-hybridized carbons (Fsp3) is 0.167. The Morgan fingerprint density at radius 1 is 1.43 bits per heavy atom. The summed E-state index contributed by atoms with van der Waals surface area (Å²) in [5.74, 6) is 0.585. The molecule has 0 bridgehead atoms. The minimum Gasteiger partial charge on any atom is -0.489 e. The molecule has 0 N–H and O–H groups in total. The van der Waals surface area contributed by atoms with E-state index in [2.05, 4.69) is 6.58 Å². The maximum absolute atomic E-state index is 5.67. The van der Waals surface area contributed by atoms with E-state index in [0.29, 0.717) is 17.4 Å². The Labute approximate surface area is 89.7 Å². The van der Waals surface area contributed by atoms with E-state index in [1.165, 1.54) is 0 Å². The largest absolute Gasteiger partial charge is 0.489 e. The third-order valence-corrected chi connectivity index (χ3v) is 1.74. The van der Waals surface area contributed by atoms with Crippen LogP contribution in [0.3, 0.4) is 0 Å². The van der Waals surface area contributed by atoms with E-state index in [1.54, 1.807) is 13.0 Å². The zero-order valence-electron chi connectivity index (χ0n) is 8.16. The lowest BCUT2D eigenvalue weighted by molar-refractivity contribution is 0.212. The second-order valence-corrected chi connectivity index (χ2v) is 3.57. The summed E-state index contributed by atoms with van der Waals surface area (Å²) in [5, 5.41) is 0.670. The molecule has 14 heavy (non-hydrogen) atoms. The molecule has 1 nitrogen and oxygen atoms in total. The second-order valence-electron chi connectivity index (χ2n) is 2.97. The summed E-state index contributed by atoms with van der Waals surface area (Å²) in [5.41, 5.74) is 1.12. The van der Waals surface area contributed by atoms with Gasteiger partial charge in [-0.05, 0) is 18.6 Å². The van der Waals surface area contributed by atoms with E-state index in [0.717, 1.165) is 5.56 Å². The number of rotatable bonds is 4. The Kier molecular flexibility index (Phi) is 4.27. The molecule has 0 spiro atoms. The minimum atomic E-state index is 0.528. The summed E-state index contributed by atoms with van der Waals surface area (Å²) in [6, 6.07) is 9.93. The highest BCUT2D eigenvalue weighted by Gasteiger charge is 1.93. The van der Waals surface area contributed by atoms with Gasteiger partial charge in [0.25, 0.3) is 0 Å². The fourth-order valence-corrected chi connectivity index (χ4v) is 1.14. The monoisotopic (exact) mass is 208 g/mol. The van der Waals surface area contributed by atoms with E-state index in [4.69, 9.17) is 16.3 Å². The lowest BCUT2D eigenvalue weighted by Gasteiger charge is -2.05. The van der Waals surface area contributed by atoms with E-state index >= 15 is 0 Å². The molecule has 2 heteroatoms. The van der Waals surface area contributed by atoms with Gasteiger partial charge in [0, 0.05) is 5.03 Å². The van der Waals surface area contributed by atoms with Crippen LogP contribution < -0.4 is 0 Å². The van der Waals surface area contributed by atoms with Gasteiger partial charge in [-0.3, -0.25) is 0 Å². The van der Waals surface area contributed by atoms with Gasteiger partial charge in [-0.2, -0.15) is 0 Å². The standard InChI is InChI=1S/C12H13ClO/c1-10(13)8-11(2)14-9-12-6-4-3-5-7-12/h3-8H,2,9H2,1H3/b10-8+. The number of ether oxygens (including phenoxy) is 1. The smallest absolute Gasteiger partial charge is 0.113 e. The van der Waals surface area contributed by atoms with Gasteiger partial charge in [0.2, 0.25) is 0 Å². The van der Waals surface area contributed by atoms with Crippen LogP contribution >= 0.6 is 11.6 Å². The van der Waals surface area contributed by atoms with Crippen molar-refractivity contribution in [3.05, 3.63) is 59.3 Å². The second kappa shape index (κ2) is 5.51. The van der Waals surface area contributed by atoms with Gasteiger partial charge in [0.05, 0.1) is 0 Å². The first-order chi connectivity index (χ1) is 6.68. The third-order valence-electron chi connectivity index (χ3n) is 1.63. The predicted molar refractivity (Wildman–Crippen MR) is 60.0 cm³/mol. The first-order valence-corrected chi connectivity index (χ1v) is 4.75. The summed E-state index contributed by atoms with van der Waals surface area (Å²) in [4.78, 5) is 0. The normalized spacial score (nSPS) is 11.1. The minimum absolute atomic E-state index is 0.528. The molecular formula is C12H13ClO. The maximum Gasteiger partial charge on any atom is 0.113 e. The first-order valence-electron chi connectivity index (χ1n) is 4.38. The molecule has 0 atom stereocenters. The van der Waals surface area contributed by atoms with Crippen molar-refractivity contribution in [3.63, 3.8) is 0 Å². The van der Waals surface area contributed by atoms with Gasteiger partial charge in [-0.15, -0.1) is 0 Å². The molecule has 0 aliphatic carbocycles. The summed E-state index contributed by atoms with van der Waals surface area (Å²) in [7, 11) is 0. The highest BCUT2D eigenvalue weighted by atomic mass is 35.5. The van der Waals surface area contributed by atoms with Gasteiger partial charge in [0.15, 0.2) is 0 Å². The molecule has 1 rings (SSSR count). The van der Waals surface area contributed by atoms with Crippen LogP contribution in [-0.4, -0.2) is 0 Å². The highest BCUT2D eigenvalue weighted by molar-refractivity contribution is 6.29. The molecule has 0 unspecified atom stereocenters. The molecular weight excluding hydrogens is 196 g/mol. The zero-order chi connectivity index (χ0) is 10.4. The lowest BCUT2D eigenvalue weighted by Crippen LogP contribution is -1.90. The molecule has 1 aromatic carbocycles. The molecule has 0 amide bonds. The van der Waals surface area contributed by atoms with E-state index in [9.17, 15) is 0 Å². The Morgan fingerprint density at radius 2 is 2.07 bits per heavy atom. The van der Waals surface area contributed by atoms with Gasteiger partial charge >= 0.3 is 0 Å². The van der Waals surface area contributed by atoms with Crippen molar-refractivity contribution < 1.29 is 4.74 Å². The fourth-order valence-electron chi connectivity index (χ4n) is 1.01. The molecule has 74 valence electrons. The van der Waals surface area contributed by atoms with Crippen LogP contribution in [0, 0.1) is 0 Å². The quantitative estimate of drug-likeness (QED) is 0.539. The number of halogens is 1. The number of allylic oxidation sites excluding steroid dienone is 2. The Hall–Kier alpha value is -1.21. The summed E-state index contributed by atoms with van der Waals surface area (Å²) in [6.45, 7) is 6.05. The average Bonchev–Trinajstić information content (AvgIpc) is 2.15. The van der Waals surface area contributed by atoms with Crippen molar-refractivity contribution in [2.24, 2.45) is 0 Å². The molecule has 0 aliphatic rings. The highest BCUT2D eigenvalue weighted by Crippen LogP contribution is 2.08. The van der Waals surface area contributed by atoms with E-state index < -0.39 is 0 Å². The van der Waals surface area contributed by atoms with Gasteiger partial charge in [0.1, 0.15) is 12.4 Å². The van der Waals surface area contributed by atoms with Crippen LogP contribution in [0.15, 0.2) is 53.8 Å². The van der Waals surface area contributed by atoms with E-state index in [1.807, 2.05) is 30.3 Å². The third kappa shape index (κ3) is 4.15. The molecule has 0 aliphatic heterocycles. The SMILES string of the molecule is C=C(/C=C(\C)Cl)OCc1ccccc1. The summed E-state index contributed by atoms with van der Waals surface area (Å²) in [6.07, 6.45) is 1.70. The van der Waals surface area contributed by atoms with Crippen LogP contribution in [0.5, 0.6) is 0 Å². The Balaban J connectivity index is 2.42. The molecule has 0 saturated carbocycles. The van der Waals surface area contributed by atoms with Crippen LogP contribution in [0.25, 0.3) is 0 Å². The molecule has 0 heterocycles. The molecule has 0 aromatic heterocycles. The van der Waals surface area contributed by atoms with Crippen LogP contribution in [0.1, 0.15) is 12.5 Å². The number of benzene rings is 1. The van der Waals surface area contributed by atoms with E-state index in [-0.39, 0.29) is 0 Å². The van der Waals surface area contributed by atoms with Gasteiger partial charge in [-0.1, -0.05) is 48.5 Å². The van der Waals surface area contributed by atoms with Crippen molar-refractivity contribution >= 4 is 11.6 Å². The molecule has 0 radical (unpaired) electrons. The first kappa shape index (κ1) is 10.9. The van der Waals surface area contributed by atoms with Crippen molar-refractivity contribution in [3.8, 4) is 0 Å². The Bertz CT molecular complexity index is 323. The summed E-state index contributed by atoms with van der Waals surface area (Å²) >= 11 is 5.67. The topological polar surface area (TPSA) is 9.23 Å². The zero-order valence-corrected chi connectivity index (χ0v) is 8.92. The number of hydrogen-bond acceptors (Lipinski definition) is 1. The predicted octanol–water partition coefficient (Wildman–Crippen LogP) is 3.86. The summed E-state index contributed by atoms with van der Waals surface area (Å²) < 4.78 is 5.38. The maximum atomic E-state index is 5.67. The molecule has 1 aromatic rings. The lowest BCUT2D eigenvalue weighted by atomic mass is 10.2. The molecule has 0 fully saturated rings. The van der Waals surface area contributed by atoms with Gasteiger partial charge in [-0.25, -0.2) is 0 Å².